The Morgan fingerprint density at radius 2 is 2.19 bits per heavy atom. The van der Waals surface area contributed by atoms with E-state index in [2.05, 4.69) is 5.32 Å². The molecule has 0 saturated heterocycles. The monoisotopic (exact) mass is 224 g/mol. The van der Waals surface area contributed by atoms with Crippen LogP contribution in [-0.2, 0) is 11.2 Å². The van der Waals surface area contributed by atoms with Gasteiger partial charge in [0.15, 0.2) is 0 Å². The maximum absolute atomic E-state index is 11.6. The minimum absolute atomic E-state index is 0.0892. The van der Waals surface area contributed by atoms with Gasteiger partial charge in [0, 0.05) is 26.6 Å². The third kappa shape index (κ3) is 3.70. The molecule has 0 saturated carbocycles. The molecule has 4 heteroatoms. The van der Waals surface area contributed by atoms with Gasteiger partial charge in [0.2, 0.25) is 5.91 Å². The van der Waals surface area contributed by atoms with Gasteiger partial charge >= 0.3 is 0 Å². The highest BCUT2D eigenvalue weighted by Gasteiger charge is 2.17. The van der Waals surface area contributed by atoms with Crippen molar-refractivity contribution in [1.82, 2.24) is 10.2 Å². The number of carbonyl (C=O) groups is 1. The summed E-state index contributed by atoms with van der Waals surface area (Å²) < 4.78 is 5.26. The number of rotatable bonds is 5. The van der Waals surface area contributed by atoms with Gasteiger partial charge in [-0.2, -0.15) is 0 Å². The number of amides is 1. The molecule has 1 amide bonds. The lowest BCUT2D eigenvalue weighted by molar-refractivity contribution is -0.130. The number of carbonyl (C=O) groups excluding carboxylic acids is 1. The summed E-state index contributed by atoms with van der Waals surface area (Å²) in [7, 11) is 3.52. The van der Waals surface area contributed by atoms with E-state index in [1.165, 1.54) is 0 Å². The zero-order chi connectivity index (χ0) is 12.1. The highest BCUT2D eigenvalue weighted by molar-refractivity contribution is 5.80. The van der Waals surface area contributed by atoms with Gasteiger partial charge in [-0.25, -0.2) is 0 Å². The topological polar surface area (TPSA) is 45.5 Å². The van der Waals surface area contributed by atoms with Gasteiger partial charge in [-0.15, -0.1) is 0 Å². The Morgan fingerprint density at radius 1 is 1.50 bits per heavy atom. The Labute approximate surface area is 96.6 Å². The molecule has 1 N–H and O–H groups in total. The van der Waals surface area contributed by atoms with Gasteiger partial charge in [0.05, 0.1) is 12.3 Å². The molecule has 1 rings (SSSR count). The van der Waals surface area contributed by atoms with E-state index in [1.807, 2.05) is 26.0 Å². The number of furan rings is 1. The summed E-state index contributed by atoms with van der Waals surface area (Å²) in [6, 6.07) is 3.86. The van der Waals surface area contributed by atoms with Crippen molar-refractivity contribution in [2.24, 2.45) is 0 Å². The predicted molar refractivity (Wildman–Crippen MR) is 63.2 cm³/mol. The van der Waals surface area contributed by atoms with Crippen LogP contribution in [0.5, 0.6) is 0 Å². The Hall–Kier alpha value is -1.29. The molecule has 0 fully saturated rings. The molecule has 0 bridgehead atoms. The van der Waals surface area contributed by atoms with Crippen molar-refractivity contribution in [2.45, 2.75) is 32.4 Å². The molecule has 90 valence electrons. The second kappa shape index (κ2) is 5.70. The summed E-state index contributed by atoms with van der Waals surface area (Å²) in [5, 5.41) is 3.25. The molecule has 1 heterocycles. The van der Waals surface area contributed by atoms with Gasteiger partial charge in [-0.1, -0.05) is 0 Å². The average molecular weight is 224 g/mol. The molecule has 16 heavy (non-hydrogen) atoms. The van der Waals surface area contributed by atoms with Crippen LogP contribution in [-0.4, -0.2) is 37.0 Å². The van der Waals surface area contributed by atoms with E-state index in [0.29, 0.717) is 0 Å². The molecule has 2 unspecified atom stereocenters. The second-order valence-corrected chi connectivity index (χ2v) is 4.31. The van der Waals surface area contributed by atoms with Crippen molar-refractivity contribution in [2.75, 3.05) is 14.1 Å². The SMILES string of the molecule is CC(Cc1ccco1)NC(C)C(=O)N(C)C. The zero-order valence-electron chi connectivity index (χ0n) is 10.4. The van der Waals surface area contributed by atoms with Gasteiger partial charge in [-0.3, -0.25) is 4.79 Å². The molecule has 0 aromatic carbocycles. The number of likely N-dealkylation sites (N-methyl/N-ethyl adjacent to an activating group) is 1. The molecule has 0 aliphatic heterocycles. The fourth-order valence-electron chi connectivity index (χ4n) is 1.67. The third-order valence-electron chi connectivity index (χ3n) is 2.43. The van der Waals surface area contributed by atoms with Gasteiger partial charge in [0.1, 0.15) is 5.76 Å². The van der Waals surface area contributed by atoms with Crippen LogP contribution in [0, 0.1) is 0 Å². The van der Waals surface area contributed by atoms with Crippen molar-refractivity contribution in [1.29, 1.82) is 0 Å². The van der Waals surface area contributed by atoms with Crippen molar-refractivity contribution < 1.29 is 9.21 Å². The minimum atomic E-state index is -0.167. The summed E-state index contributed by atoms with van der Waals surface area (Å²) >= 11 is 0. The summed E-state index contributed by atoms with van der Waals surface area (Å²) in [6.45, 7) is 3.92. The number of nitrogens with zero attached hydrogens (tertiary/aromatic N) is 1. The van der Waals surface area contributed by atoms with Crippen LogP contribution in [0.1, 0.15) is 19.6 Å². The van der Waals surface area contributed by atoms with Gasteiger partial charge in [-0.05, 0) is 26.0 Å². The largest absolute Gasteiger partial charge is 0.469 e. The summed E-state index contributed by atoms with van der Waals surface area (Å²) in [5.74, 6) is 1.02. The summed E-state index contributed by atoms with van der Waals surface area (Å²) in [4.78, 5) is 13.2. The van der Waals surface area contributed by atoms with E-state index in [1.54, 1.807) is 25.3 Å². The Balaban J connectivity index is 2.39. The van der Waals surface area contributed by atoms with E-state index < -0.39 is 0 Å². The maximum Gasteiger partial charge on any atom is 0.238 e. The molecular formula is C12H20N2O2. The number of hydrogen-bond donors (Lipinski definition) is 1. The first-order chi connectivity index (χ1) is 7.50. The van der Waals surface area contributed by atoms with E-state index in [9.17, 15) is 4.79 Å². The molecule has 1 aromatic heterocycles. The minimum Gasteiger partial charge on any atom is -0.469 e. The standard InChI is InChI=1S/C12H20N2O2/c1-9(8-11-6-5-7-16-11)13-10(2)12(15)14(3)4/h5-7,9-10,13H,8H2,1-4H3. The van der Waals surface area contributed by atoms with Gasteiger partial charge < -0.3 is 14.6 Å². The smallest absolute Gasteiger partial charge is 0.238 e. The van der Waals surface area contributed by atoms with Gasteiger partial charge in [0.25, 0.3) is 0 Å². The van der Waals surface area contributed by atoms with E-state index in [4.69, 9.17) is 4.42 Å². The normalized spacial score (nSPS) is 14.5. The first kappa shape index (κ1) is 12.8. The molecule has 2 atom stereocenters. The molecule has 4 nitrogen and oxygen atoms in total. The van der Waals surface area contributed by atoms with Crippen LogP contribution in [0.2, 0.25) is 0 Å². The number of hydrogen-bond acceptors (Lipinski definition) is 3. The highest BCUT2D eigenvalue weighted by atomic mass is 16.3. The van der Waals surface area contributed by atoms with Crippen LogP contribution in [0.3, 0.4) is 0 Å². The molecule has 0 aliphatic rings. The van der Waals surface area contributed by atoms with E-state index in [-0.39, 0.29) is 18.0 Å². The quantitative estimate of drug-likeness (QED) is 0.819. The zero-order valence-corrected chi connectivity index (χ0v) is 10.4. The van der Waals surface area contributed by atoms with Crippen LogP contribution >= 0.6 is 0 Å². The molecular weight excluding hydrogens is 204 g/mol. The second-order valence-electron chi connectivity index (χ2n) is 4.31. The van der Waals surface area contributed by atoms with Crippen LogP contribution in [0.15, 0.2) is 22.8 Å². The lowest BCUT2D eigenvalue weighted by atomic mass is 10.1. The number of nitrogens with one attached hydrogen (secondary N) is 1. The summed E-state index contributed by atoms with van der Waals surface area (Å²) in [6.07, 6.45) is 2.45. The maximum atomic E-state index is 11.6. The van der Waals surface area contributed by atoms with Crippen molar-refractivity contribution in [3.8, 4) is 0 Å². The first-order valence-electron chi connectivity index (χ1n) is 5.50. The van der Waals surface area contributed by atoms with Crippen molar-refractivity contribution in [3.05, 3.63) is 24.2 Å². The molecule has 1 aromatic rings. The first-order valence-corrected chi connectivity index (χ1v) is 5.50. The Morgan fingerprint density at radius 3 is 2.69 bits per heavy atom. The van der Waals surface area contributed by atoms with E-state index >= 15 is 0 Å². The fraction of sp³-hybridized carbons (Fsp3) is 0.583. The lowest BCUT2D eigenvalue weighted by Gasteiger charge is -2.21. The average Bonchev–Trinajstić information content (AvgIpc) is 2.68. The van der Waals surface area contributed by atoms with Crippen molar-refractivity contribution in [3.63, 3.8) is 0 Å². The van der Waals surface area contributed by atoms with Crippen LogP contribution in [0.4, 0.5) is 0 Å². The lowest BCUT2D eigenvalue weighted by Crippen LogP contribution is -2.45. The van der Waals surface area contributed by atoms with Crippen LogP contribution in [0.25, 0.3) is 0 Å². The summed E-state index contributed by atoms with van der Waals surface area (Å²) in [5.41, 5.74) is 0. The van der Waals surface area contributed by atoms with Crippen LogP contribution < -0.4 is 5.32 Å². The molecule has 0 radical (unpaired) electrons. The molecule has 0 aliphatic carbocycles. The fourth-order valence-corrected chi connectivity index (χ4v) is 1.67. The predicted octanol–water partition coefficient (Wildman–Crippen LogP) is 1.28. The highest BCUT2D eigenvalue weighted by Crippen LogP contribution is 2.04. The Kier molecular flexibility index (Phi) is 4.55. The van der Waals surface area contributed by atoms with Crippen molar-refractivity contribution >= 4 is 5.91 Å². The van der Waals surface area contributed by atoms with E-state index in [0.717, 1.165) is 12.2 Å². The Bertz CT molecular complexity index is 320. The molecule has 0 spiro atoms. The third-order valence-corrected chi connectivity index (χ3v) is 2.43.